The van der Waals surface area contributed by atoms with E-state index < -0.39 is 0 Å². The minimum Gasteiger partial charge on any atom is -0.490 e. The van der Waals surface area contributed by atoms with Gasteiger partial charge >= 0.3 is 0 Å². The lowest BCUT2D eigenvalue weighted by Gasteiger charge is -2.25. The van der Waals surface area contributed by atoms with Crippen molar-refractivity contribution >= 4 is 17.5 Å². The number of carbonyl (C=O) groups excluding carboxylic acids is 1. The Kier molecular flexibility index (Phi) is 5.13. The summed E-state index contributed by atoms with van der Waals surface area (Å²) >= 11 is 5.96. The number of hydrogen-bond donors (Lipinski definition) is 0. The molecule has 0 saturated carbocycles. The first kappa shape index (κ1) is 19.1. The maximum atomic E-state index is 13.2. The Morgan fingerprint density at radius 2 is 1.73 bits per heavy atom. The van der Waals surface area contributed by atoms with E-state index in [-0.39, 0.29) is 11.9 Å². The summed E-state index contributed by atoms with van der Waals surface area (Å²) in [6.07, 6.45) is 2.73. The number of halogens is 1. The summed E-state index contributed by atoms with van der Waals surface area (Å²) in [4.78, 5) is 15.1. The fraction of sp³-hybridized carbons (Fsp3) is 0.292. The highest BCUT2D eigenvalue weighted by Crippen LogP contribution is 2.39. The van der Waals surface area contributed by atoms with Gasteiger partial charge in [0.15, 0.2) is 17.3 Å². The molecule has 1 saturated heterocycles. The SMILES string of the molecule is O=C(c1ccc(-c2ccc(Cl)cc2)o1)N1CCCC1c1ccc2c(c1)OCCCO2. The van der Waals surface area contributed by atoms with E-state index in [0.29, 0.717) is 36.3 Å². The van der Waals surface area contributed by atoms with Crippen molar-refractivity contribution in [1.29, 1.82) is 0 Å². The number of nitrogens with zero attached hydrogens (tertiary/aromatic N) is 1. The first-order valence-corrected chi connectivity index (χ1v) is 10.6. The number of rotatable bonds is 3. The van der Waals surface area contributed by atoms with Crippen LogP contribution in [-0.2, 0) is 0 Å². The Morgan fingerprint density at radius 3 is 2.57 bits per heavy atom. The van der Waals surface area contributed by atoms with Crippen molar-refractivity contribution in [1.82, 2.24) is 4.90 Å². The molecule has 2 aromatic carbocycles. The topological polar surface area (TPSA) is 51.9 Å². The molecule has 1 amide bonds. The first-order valence-electron chi connectivity index (χ1n) is 10.3. The molecule has 3 heterocycles. The fourth-order valence-electron chi connectivity index (χ4n) is 4.11. The van der Waals surface area contributed by atoms with Gasteiger partial charge in [-0.25, -0.2) is 0 Å². The molecule has 0 bridgehead atoms. The number of benzene rings is 2. The molecular weight excluding hydrogens is 402 g/mol. The van der Waals surface area contributed by atoms with Crippen LogP contribution in [0.5, 0.6) is 11.5 Å². The number of carbonyl (C=O) groups is 1. The van der Waals surface area contributed by atoms with Crippen LogP contribution < -0.4 is 9.47 Å². The summed E-state index contributed by atoms with van der Waals surface area (Å²) in [7, 11) is 0. The van der Waals surface area contributed by atoms with Crippen LogP contribution in [0, 0.1) is 0 Å². The highest BCUT2D eigenvalue weighted by Gasteiger charge is 2.33. The molecule has 0 N–H and O–H groups in total. The number of likely N-dealkylation sites (tertiary alicyclic amines) is 1. The summed E-state index contributed by atoms with van der Waals surface area (Å²) in [5.41, 5.74) is 1.95. The largest absolute Gasteiger partial charge is 0.490 e. The van der Waals surface area contributed by atoms with Gasteiger partial charge < -0.3 is 18.8 Å². The zero-order valence-corrected chi connectivity index (χ0v) is 17.2. The van der Waals surface area contributed by atoms with Crippen molar-refractivity contribution in [2.24, 2.45) is 0 Å². The van der Waals surface area contributed by atoms with Gasteiger partial charge in [0.05, 0.1) is 19.3 Å². The highest BCUT2D eigenvalue weighted by atomic mass is 35.5. The molecule has 30 heavy (non-hydrogen) atoms. The van der Waals surface area contributed by atoms with E-state index in [4.69, 9.17) is 25.5 Å². The first-order chi connectivity index (χ1) is 14.7. The van der Waals surface area contributed by atoms with Gasteiger partial charge in [0.2, 0.25) is 0 Å². The van der Waals surface area contributed by atoms with E-state index in [9.17, 15) is 4.79 Å². The predicted molar refractivity (Wildman–Crippen MR) is 114 cm³/mol. The highest BCUT2D eigenvalue weighted by molar-refractivity contribution is 6.30. The number of furan rings is 1. The monoisotopic (exact) mass is 423 g/mol. The second kappa shape index (κ2) is 8.07. The second-order valence-electron chi connectivity index (χ2n) is 7.58. The van der Waals surface area contributed by atoms with Gasteiger partial charge in [0.1, 0.15) is 5.76 Å². The van der Waals surface area contributed by atoms with E-state index in [1.54, 1.807) is 6.07 Å². The Balaban J connectivity index is 1.38. The third-order valence-corrected chi connectivity index (χ3v) is 5.87. The molecule has 6 heteroatoms. The van der Waals surface area contributed by atoms with Gasteiger partial charge in [-0.1, -0.05) is 17.7 Å². The molecule has 1 fully saturated rings. The molecule has 3 aromatic rings. The number of hydrogen-bond acceptors (Lipinski definition) is 4. The van der Waals surface area contributed by atoms with E-state index in [2.05, 4.69) is 0 Å². The molecule has 1 atom stereocenters. The van der Waals surface area contributed by atoms with Crippen LogP contribution >= 0.6 is 11.6 Å². The van der Waals surface area contributed by atoms with E-state index in [0.717, 1.165) is 41.9 Å². The summed E-state index contributed by atoms with van der Waals surface area (Å²) < 4.78 is 17.5. The van der Waals surface area contributed by atoms with E-state index in [1.165, 1.54) is 0 Å². The van der Waals surface area contributed by atoms with Crippen LogP contribution in [0.4, 0.5) is 0 Å². The van der Waals surface area contributed by atoms with Crippen molar-refractivity contribution in [2.75, 3.05) is 19.8 Å². The predicted octanol–water partition coefficient (Wildman–Crippen LogP) is 5.74. The smallest absolute Gasteiger partial charge is 0.290 e. The van der Waals surface area contributed by atoms with Crippen LogP contribution in [0.3, 0.4) is 0 Å². The minimum atomic E-state index is -0.0928. The quantitative estimate of drug-likeness (QED) is 0.539. The Labute approximate surface area is 180 Å². The van der Waals surface area contributed by atoms with Crippen LogP contribution in [0.1, 0.15) is 41.4 Å². The average Bonchev–Trinajstić information content (AvgIpc) is 3.39. The third kappa shape index (κ3) is 3.65. The number of ether oxygens (including phenoxy) is 2. The lowest BCUT2D eigenvalue weighted by Crippen LogP contribution is -2.30. The van der Waals surface area contributed by atoms with Crippen LogP contribution in [0.15, 0.2) is 59.0 Å². The standard InChI is InChI=1S/C24H22ClNO4/c25-18-7-4-16(5-8-18)20-10-11-22(30-20)24(27)26-12-1-3-19(26)17-6-9-21-23(15-17)29-14-2-13-28-21/h4-11,15,19H,1-3,12-14H2. The molecule has 2 aliphatic heterocycles. The Morgan fingerprint density at radius 1 is 0.933 bits per heavy atom. The van der Waals surface area contributed by atoms with Crippen molar-refractivity contribution in [2.45, 2.75) is 25.3 Å². The molecule has 0 aliphatic carbocycles. The summed E-state index contributed by atoms with van der Waals surface area (Å²) in [5.74, 6) is 2.44. The zero-order chi connectivity index (χ0) is 20.5. The number of fused-ring (bicyclic) bond motifs is 1. The van der Waals surface area contributed by atoms with Crippen LogP contribution in [0.25, 0.3) is 11.3 Å². The average molecular weight is 424 g/mol. The molecule has 2 aliphatic rings. The summed E-state index contributed by atoms with van der Waals surface area (Å²) in [6.45, 7) is 2.01. The maximum absolute atomic E-state index is 13.2. The maximum Gasteiger partial charge on any atom is 0.290 e. The van der Waals surface area contributed by atoms with Crippen molar-refractivity contribution in [3.63, 3.8) is 0 Å². The second-order valence-corrected chi connectivity index (χ2v) is 8.02. The lowest BCUT2D eigenvalue weighted by molar-refractivity contribution is 0.0704. The molecule has 0 spiro atoms. The molecule has 1 aromatic heterocycles. The zero-order valence-electron chi connectivity index (χ0n) is 16.5. The van der Waals surface area contributed by atoms with Gasteiger partial charge in [-0.3, -0.25) is 4.79 Å². The normalized spacial score (nSPS) is 18.3. The van der Waals surface area contributed by atoms with E-state index >= 15 is 0 Å². The molecule has 154 valence electrons. The Bertz CT molecular complexity index is 1060. The van der Waals surface area contributed by atoms with Gasteiger partial charge in [0, 0.05) is 23.6 Å². The number of amides is 1. The van der Waals surface area contributed by atoms with Crippen molar-refractivity contribution in [3.05, 3.63) is 70.9 Å². The van der Waals surface area contributed by atoms with Crippen LogP contribution in [-0.4, -0.2) is 30.6 Å². The Hall–Kier alpha value is -2.92. The molecule has 5 nitrogen and oxygen atoms in total. The molecule has 1 unspecified atom stereocenters. The summed E-state index contributed by atoms with van der Waals surface area (Å²) in [6, 6.07) is 16.9. The molecule has 0 radical (unpaired) electrons. The van der Waals surface area contributed by atoms with Crippen LogP contribution in [0.2, 0.25) is 5.02 Å². The lowest BCUT2D eigenvalue weighted by atomic mass is 10.0. The van der Waals surface area contributed by atoms with Crippen molar-refractivity contribution in [3.8, 4) is 22.8 Å². The summed E-state index contributed by atoms with van der Waals surface area (Å²) in [5, 5.41) is 0.664. The van der Waals surface area contributed by atoms with Gasteiger partial charge in [0.25, 0.3) is 5.91 Å². The molecular formula is C24H22ClNO4. The van der Waals surface area contributed by atoms with E-state index in [1.807, 2.05) is 53.4 Å². The van der Waals surface area contributed by atoms with Crippen molar-refractivity contribution < 1.29 is 18.7 Å². The van der Waals surface area contributed by atoms with Gasteiger partial charge in [-0.15, -0.1) is 0 Å². The van der Waals surface area contributed by atoms with Gasteiger partial charge in [-0.05, 0) is 66.9 Å². The third-order valence-electron chi connectivity index (χ3n) is 5.62. The van der Waals surface area contributed by atoms with Gasteiger partial charge in [-0.2, -0.15) is 0 Å². The fourth-order valence-corrected chi connectivity index (χ4v) is 4.23. The molecule has 5 rings (SSSR count). The minimum absolute atomic E-state index is 0.00117.